The molecule has 1 atom stereocenters. The number of hydrogen-bond acceptors (Lipinski definition) is 6. The van der Waals surface area contributed by atoms with E-state index in [4.69, 9.17) is 20.2 Å². The topological polar surface area (TPSA) is 95.7 Å². The first kappa shape index (κ1) is 17.5. The molecule has 0 aromatic heterocycles. The minimum atomic E-state index is -4.21. The number of benzene rings is 1. The fourth-order valence-electron chi connectivity index (χ4n) is 1.51. The molecule has 0 amide bonds. The van der Waals surface area contributed by atoms with Crippen molar-refractivity contribution in [1.82, 2.24) is 0 Å². The van der Waals surface area contributed by atoms with Crippen LogP contribution < -0.4 is 9.47 Å². The van der Waals surface area contributed by atoms with Crippen molar-refractivity contribution < 1.29 is 22.8 Å². The average Bonchev–Trinajstić information content (AvgIpc) is 2.42. The highest BCUT2D eigenvalue weighted by Crippen LogP contribution is 2.39. The zero-order valence-electron chi connectivity index (χ0n) is 11.8. The van der Waals surface area contributed by atoms with E-state index in [9.17, 15) is 18.5 Å². The lowest BCUT2D eigenvalue weighted by atomic mass is 10.1. The monoisotopic (exact) mass is 337 g/mol. The van der Waals surface area contributed by atoms with E-state index >= 15 is 0 Å². The first-order valence-electron chi connectivity index (χ1n) is 6.14. The normalized spacial score (nSPS) is 12.8. The summed E-state index contributed by atoms with van der Waals surface area (Å²) in [5.74, 6) is 0.0372. The second kappa shape index (κ2) is 6.95. The Bertz CT molecular complexity index is 631. The number of nitrogens with zero attached hydrogens (tertiary/aromatic N) is 1. The highest BCUT2D eigenvalue weighted by Gasteiger charge is 2.26. The van der Waals surface area contributed by atoms with Gasteiger partial charge in [-0.15, -0.1) is 0 Å². The van der Waals surface area contributed by atoms with Gasteiger partial charge in [-0.05, 0) is 5.92 Å². The van der Waals surface area contributed by atoms with E-state index in [1.807, 2.05) is 13.8 Å². The molecule has 0 aliphatic rings. The van der Waals surface area contributed by atoms with Crippen LogP contribution in [0.4, 0.5) is 5.69 Å². The van der Waals surface area contributed by atoms with E-state index in [0.717, 1.165) is 18.6 Å². The van der Waals surface area contributed by atoms with Crippen molar-refractivity contribution in [3.05, 3.63) is 22.2 Å². The minimum absolute atomic E-state index is 0.0220. The second-order valence-electron chi connectivity index (χ2n) is 4.49. The maximum Gasteiger partial charge on any atom is 0.274 e. The van der Waals surface area contributed by atoms with Crippen molar-refractivity contribution in [2.75, 3.05) is 13.7 Å². The van der Waals surface area contributed by atoms with Gasteiger partial charge in [0.05, 0.1) is 24.7 Å². The van der Waals surface area contributed by atoms with Crippen LogP contribution in [0, 0.1) is 16.0 Å². The number of hydrogen-bond donors (Lipinski definition) is 0. The van der Waals surface area contributed by atoms with Gasteiger partial charge >= 0.3 is 0 Å². The smallest absolute Gasteiger partial charge is 0.274 e. The van der Waals surface area contributed by atoms with Crippen LogP contribution in [0.5, 0.6) is 11.5 Å². The summed E-state index contributed by atoms with van der Waals surface area (Å²) in [4.78, 5) is 9.69. The van der Waals surface area contributed by atoms with Crippen molar-refractivity contribution in [1.29, 1.82) is 0 Å². The molecular weight excluding hydrogens is 322 g/mol. The van der Waals surface area contributed by atoms with Gasteiger partial charge in [0.25, 0.3) is 14.7 Å². The summed E-state index contributed by atoms with van der Waals surface area (Å²) >= 11 is 0. The van der Waals surface area contributed by atoms with E-state index in [1.165, 1.54) is 7.11 Å². The van der Waals surface area contributed by atoms with Crippen molar-refractivity contribution in [2.24, 2.45) is 5.92 Å². The molecule has 1 unspecified atom stereocenters. The predicted octanol–water partition coefficient (Wildman–Crippen LogP) is 2.96. The fraction of sp³-hybridized carbons (Fsp3) is 0.500. The molecule has 0 radical (unpaired) electrons. The first-order chi connectivity index (χ1) is 9.70. The number of ether oxygens (including phenoxy) is 2. The number of rotatable bonds is 7. The van der Waals surface area contributed by atoms with E-state index in [2.05, 4.69) is 0 Å². The average molecular weight is 338 g/mol. The van der Waals surface area contributed by atoms with Crippen molar-refractivity contribution >= 4 is 25.4 Å². The number of non-ortho nitro benzene ring substituents is 1. The van der Waals surface area contributed by atoms with Crippen LogP contribution in [0.1, 0.15) is 20.3 Å². The Hall–Kier alpha value is -1.54. The molecule has 21 heavy (non-hydrogen) atoms. The van der Waals surface area contributed by atoms with Crippen LogP contribution in [0.15, 0.2) is 17.0 Å². The standard InChI is InChI=1S/C12H16ClNO6S/c1-4-8(2)7-20-10-5-9(14(15)16)6-11(12(10)19-3)21(13,17)18/h5-6,8H,4,7H2,1-3H3. The summed E-state index contributed by atoms with van der Waals surface area (Å²) in [6, 6.07) is 1.96. The molecule has 0 spiro atoms. The number of nitro benzene ring substituents is 1. The van der Waals surface area contributed by atoms with E-state index < -0.39 is 24.6 Å². The summed E-state index contributed by atoms with van der Waals surface area (Å²) in [5.41, 5.74) is -0.436. The van der Waals surface area contributed by atoms with Crippen molar-refractivity contribution in [2.45, 2.75) is 25.2 Å². The van der Waals surface area contributed by atoms with Gasteiger partial charge in [0.15, 0.2) is 11.5 Å². The van der Waals surface area contributed by atoms with Crippen LogP contribution in [0.3, 0.4) is 0 Å². The van der Waals surface area contributed by atoms with Gasteiger partial charge in [-0.25, -0.2) is 8.42 Å². The Kier molecular flexibility index (Phi) is 5.79. The molecule has 0 aliphatic heterocycles. The van der Waals surface area contributed by atoms with E-state index in [0.29, 0.717) is 0 Å². The first-order valence-corrected chi connectivity index (χ1v) is 8.45. The van der Waals surface area contributed by atoms with E-state index in [1.54, 1.807) is 0 Å². The van der Waals surface area contributed by atoms with Gasteiger partial charge in [0.2, 0.25) is 0 Å². The molecule has 118 valence electrons. The van der Waals surface area contributed by atoms with Gasteiger partial charge in [0, 0.05) is 16.7 Å². The molecule has 0 heterocycles. The summed E-state index contributed by atoms with van der Waals surface area (Å²) in [6.07, 6.45) is 0.845. The van der Waals surface area contributed by atoms with Crippen LogP contribution >= 0.6 is 10.7 Å². The molecule has 0 saturated carbocycles. The molecule has 0 fully saturated rings. The molecule has 0 aliphatic carbocycles. The third kappa shape index (κ3) is 4.47. The molecule has 1 aromatic rings. The Morgan fingerprint density at radius 2 is 2.05 bits per heavy atom. The Balaban J connectivity index is 3.39. The summed E-state index contributed by atoms with van der Waals surface area (Å²) in [5, 5.41) is 10.9. The summed E-state index contributed by atoms with van der Waals surface area (Å²) in [7, 11) is 2.33. The quantitative estimate of drug-likeness (QED) is 0.431. The Morgan fingerprint density at radius 1 is 1.43 bits per heavy atom. The SMILES string of the molecule is CCC(C)COc1cc([N+](=O)[O-])cc(S(=O)(=O)Cl)c1OC. The molecular formula is C12H16ClNO6S. The fourth-order valence-corrected chi connectivity index (χ4v) is 2.52. The number of nitro groups is 1. The lowest BCUT2D eigenvalue weighted by Crippen LogP contribution is -2.09. The molecule has 1 rings (SSSR count). The highest BCUT2D eigenvalue weighted by molar-refractivity contribution is 8.13. The molecule has 1 aromatic carbocycles. The highest BCUT2D eigenvalue weighted by atomic mass is 35.7. The summed E-state index contributed by atoms with van der Waals surface area (Å²) < 4.78 is 33.5. The number of methoxy groups -OCH3 is 1. The molecule has 0 saturated heterocycles. The Labute approximate surface area is 127 Å². The van der Waals surface area contributed by atoms with Gasteiger partial charge in [-0.3, -0.25) is 10.1 Å². The maximum absolute atomic E-state index is 11.5. The van der Waals surface area contributed by atoms with Crippen LogP contribution in [-0.4, -0.2) is 27.1 Å². The lowest BCUT2D eigenvalue weighted by Gasteiger charge is -2.15. The number of halogens is 1. The van der Waals surface area contributed by atoms with Crippen LogP contribution in [0.25, 0.3) is 0 Å². The lowest BCUT2D eigenvalue weighted by molar-refractivity contribution is -0.385. The van der Waals surface area contributed by atoms with Gasteiger partial charge < -0.3 is 9.47 Å². The van der Waals surface area contributed by atoms with Gasteiger partial charge in [-0.2, -0.15) is 0 Å². The van der Waals surface area contributed by atoms with E-state index in [-0.39, 0.29) is 24.0 Å². The zero-order chi connectivity index (χ0) is 16.2. The summed E-state index contributed by atoms with van der Waals surface area (Å²) in [6.45, 7) is 4.17. The van der Waals surface area contributed by atoms with Gasteiger partial charge in [0.1, 0.15) is 4.90 Å². The van der Waals surface area contributed by atoms with Gasteiger partial charge in [-0.1, -0.05) is 20.3 Å². The van der Waals surface area contributed by atoms with Crippen LogP contribution in [0.2, 0.25) is 0 Å². The van der Waals surface area contributed by atoms with Crippen LogP contribution in [-0.2, 0) is 9.05 Å². The predicted molar refractivity (Wildman–Crippen MR) is 77.6 cm³/mol. The van der Waals surface area contributed by atoms with Crippen molar-refractivity contribution in [3.8, 4) is 11.5 Å². The maximum atomic E-state index is 11.5. The third-order valence-electron chi connectivity index (χ3n) is 2.90. The minimum Gasteiger partial charge on any atom is -0.492 e. The molecule has 0 bridgehead atoms. The largest absolute Gasteiger partial charge is 0.492 e. The zero-order valence-corrected chi connectivity index (χ0v) is 13.4. The second-order valence-corrected chi connectivity index (χ2v) is 7.03. The Morgan fingerprint density at radius 3 is 2.48 bits per heavy atom. The molecule has 7 nitrogen and oxygen atoms in total. The van der Waals surface area contributed by atoms with Crippen molar-refractivity contribution in [3.63, 3.8) is 0 Å². The molecule has 0 N–H and O–H groups in total. The third-order valence-corrected chi connectivity index (χ3v) is 4.23. The molecule has 9 heteroatoms.